The lowest BCUT2D eigenvalue weighted by Gasteiger charge is -2.45. The molecule has 16 heavy (non-hydrogen) atoms. The summed E-state index contributed by atoms with van der Waals surface area (Å²) in [5.41, 5.74) is 0.494. The largest absolute Gasteiger partial charge is 0.185 e. The molecule has 2 unspecified atom stereocenters. The molecule has 88 valence electrons. The second kappa shape index (κ2) is 5.34. The van der Waals surface area contributed by atoms with Crippen molar-refractivity contribution in [2.45, 2.75) is 45.3 Å². The lowest BCUT2D eigenvalue weighted by molar-refractivity contribution is 0.125. The van der Waals surface area contributed by atoms with Gasteiger partial charge in [-0.2, -0.15) is 10.5 Å². The predicted molar refractivity (Wildman–Crippen MR) is 70.8 cm³/mol. The summed E-state index contributed by atoms with van der Waals surface area (Å²) in [5.74, 6) is 0.884. The summed E-state index contributed by atoms with van der Waals surface area (Å²) in [5, 5.41) is 22.3. The Kier molecular flexibility index (Phi) is 4.59. The number of nitriles is 2. The highest BCUT2D eigenvalue weighted by Gasteiger charge is 2.41. The van der Waals surface area contributed by atoms with Crippen LogP contribution in [0.25, 0.3) is 0 Å². The molecule has 1 saturated carbocycles. The molecule has 1 fully saturated rings. The van der Waals surface area contributed by atoms with E-state index in [9.17, 15) is 0 Å². The van der Waals surface area contributed by atoms with Crippen LogP contribution in [-0.2, 0) is 0 Å². The Morgan fingerprint density at radius 2 is 1.88 bits per heavy atom. The van der Waals surface area contributed by atoms with Crippen molar-refractivity contribution in [3.8, 4) is 10.8 Å². The summed E-state index contributed by atoms with van der Waals surface area (Å²) in [4.78, 5) is 0. The molecule has 0 bridgehead atoms. The minimum Gasteiger partial charge on any atom is -0.185 e. The second-order valence-corrected chi connectivity index (χ2v) is 7.62. The zero-order chi connectivity index (χ0) is 12.2. The van der Waals surface area contributed by atoms with Crippen molar-refractivity contribution in [3.05, 3.63) is 0 Å². The number of thiocyanates is 2. The molecule has 0 aromatic rings. The summed E-state index contributed by atoms with van der Waals surface area (Å²) >= 11 is 2.75. The molecule has 0 aromatic heterocycles. The van der Waals surface area contributed by atoms with Gasteiger partial charge in [0.05, 0.1) is 0 Å². The lowest BCUT2D eigenvalue weighted by Crippen LogP contribution is -2.38. The molecular formula is C12H18N2S2. The first-order chi connectivity index (χ1) is 7.41. The number of nitrogens with zero attached hydrogens (tertiary/aromatic N) is 2. The fourth-order valence-electron chi connectivity index (χ4n) is 3.01. The first-order valence-electron chi connectivity index (χ1n) is 5.46. The van der Waals surface area contributed by atoms with Gasteiger partial charge in [-0.25, -0.2) is 0 Å². The smallest absolute Gasteiger partial charge is 0.133 e. The lowest BCUT2D eigenvalue weighted by atomic mass is 9.65. The maximum atomic E-state index is 8.79. The van der Waals surface area contributed by atoms with E-state index in [0.717, 1.165) is 25.0 Å². The average Bonchev–Trinajstić information content (AvgIpc) is 2.12. The Morgan fingerprint density at radius 1 is 1.19 bits per heavy atom. The van der Waals surface area contributed by atoms with E-state index in [1.165, 1.54) is 23.5 Å². The highest BCUT2D eigenvalue weighted by atomic mass is 32.2. The van der Waals surface area contributed by atoms with Crippen LogP contribution in [0.2, 0.25) is 0 Å². The molecule has 0 spiro atoms. The van der Waals surface area contributed by atoms with Crippen LogP contribution in [-0.4, -0.2) is 11.0 Å². The first kappa shape index (κ1) is 13.7. The third-order valence-corrected chi connectivity index (χ3v) is 4.85. The van der Waals surface area contributed by atoms with Gasteiger partial charge in [0, 0.05) is 11.0 Å². The zero-order valence-corrected chi connectivity index (χ0v) is 11.7. The molecule has 0 saturated heterocycles. The van der Waals surface area contributed by atoms with Crippen LogP contribution in [0.3, 0.4) is 0 Å². The normalized spacial score (nSPS) is 32.7. The molecular weight excluding hydrogens is 236 g/mol. The minimum absolute atomic E-state index is 0.205. The quantitative estimate of drug-likeness (QED) is 0.714. The van der Waals surface area contributed by atoms with Crippen LogP contribution in [0.5, 0.6) is 0 Å². The SMILES string of the molecule is CC1(C)CC(SC#N)CC(C)(CSC#N)C1. The third kappa shape index (κ3) is 3.92. The van der Waals surface area contributed by atoms with Gasteiger partial charge < -0.3 is 0 Å². The Morgan fingerprint density at radius 3 is 2.44 bits per heavy atom. The van der Waals surface area contributed by atoms with Gasteiger partial charge >= 0.3 is 0 Å². The second-order valence-electron chi connectivity index (χ2n) is 5.77. The van der Waals surface area contributed by atoms with Crippen LogP contribution in [0, 0.1) is 32.2 Å². The van der Waals surface area contributed by atoms with Gasteiger partial charge in [0.25, 0.3) is 0 Å². The van der Waals surface area contributed by atoms with Crippen molar-refractivity contribution in [2.24, 2.45) is 10.8 Å². The monoisotopic (exact) mass is 254 g/mol. The van der Waals surface area contributed by atoms with Crippen molar-refractivity contribution in [1.29, 1.82) is 10.5 Å². The predicted octanol–water partition coefficient (Wildman–Crippen LogP) is 4.00. The van der Waals surface area contributed by atoms with Crippen molar-refractivity contribution in [2.75, 3.05) is 5.75 Å². The third-order valence-electron chi connectivity index (χ3n) is 3.11. The maximum Gasteiger partial charge on any atom is 0.133 e. The van der Waals surface area contributed by atoms with Crippen LogP contribution in [0.4, 0.5) is 0 Å². The van der Waals surface area contributed by atoms with Crippen LogP contribution >= 0.6 is 23.5 Å². The Bertz CT molecular complexity index is 327. The van der Waals surface area contributed by atoms with E-state index in [-0.39, 0.29) is 10.8 Å². The Hall–Kier alpha value is -0.320. The van der Waals surface area contributed by atoms with Gasteiger partial charge in [-0.1, -0.05) is 20.8 Å². The van der Waals surface area contributed by atoms with E-state index < -0.39 is 0 Å². The van der Waals surface area contributed by atoms with Crippen molar-refractivity contribution in [3.63, 3.8) is 0 Å². The molecule has 2 atom stereocenters. The first-order valence-corrected chi connectivity index (χ1v) is 7.33. The average molecular weight is 254 g/mol. The highest BCUT2D eigenvalue weighted by Crippen LogP contribution is 2.50. The molecule has 1 aliphatic carbocycles. The van der Waals surface area contributed by atoms with Gasteiger partial charge in [0.15, 0.2) is 0 Å². The molecule has 0 radical (unpaired) electrons. The van der Waals surface area contributed by atoms with E-state index in [1.54, 1.807) is 0 Å². The fraction of sp³-hybridized carbons (Fsp3) is 0.833. The summed E-state index contributed by atoms with van der Waals surface area (Å²) in [6, 6.07) is 0. The molecule has 0 amide bonds. The fourth-order valence-corrected chi connectivity index (χ4v) is 4.81. The number of hydrogen-bond acceptors (Lipinski definition) is 4. The highest BCUT2D eigenvalue weighted by molar-refractivity contribution is 8.04. The topological polar surface area (TPSA) is 47.6 Å². The van der Waals surface area contributed by atoms with Gasteiger partial charge in [-0.3, -0.25) is 0 Å². The van der Waals surface area contributed by atoms with Crippen molar-refractivity contribution < 1.29 is 0 Å². The molecule has 4 heteroatoms. The molecule has 0 aromatic carbocycles. The standard InChI is InChI=1S/C12H18N2S2/c1-11(2)4-10(16-9-14)5-12(3,6-11)7-15-8-13/h10H,4-7H2,1-3H3. The Labute approximate surface area is 107 Å². The molecule has 0 heterocycles. The number of hydrogen-bond donors (Lipinski definition) is 0. The summed E-state index contributed by atoms with van der Waals surface area (Å²) in [6.07, 6.45) is 3.32. The Balaban J connectivity index is 2.72. The maximum absolute atomic E-state index is 8.79. The van der Waals surface area contributed by atoms with E-state index in [4.69, 9.17) is 10.5 Å². The van der Waals surface area contributed by atoms with Gasteiger partial charge in [0.1, 0.15) is 10.8 Å². The zero-order valence-electron chi connectivity index (χ0n) is 10.1. The summed E-state index contributed by atoms with van der Waals surface area (Å²) in [6.45, 7) is 6.79. The van der Waals surface area contributed by atoms with Crippen LogP contribution in [0.15, 0.2) is 0 Å². The molecule has 1 aliphatic rings. The van der Waals surface area contributed by atoms with Crippen molar-refractivity contribution in [1.82, 2.24) is 0 Å². The molecule has 0 aliphatic heterocycles. The van der Waals surface area contributed by atoms with Crippen LogP contribution in [0.1, 0.15) is 40.0 Å². The molecule has 1 rings (SSSR count). The van der Waals surface area contributed by atoms with Gasteiger partial charge in [-0.15, -0.1) is 0 Å². The van der Waals surface area contributed by atoms with E-state index in [2.05, 4.69) is 31.6 Å². The van der Waals surface area contributed by atoms with E-state index >= 15 is 0 Å². The molecule has 0 N–H and O–H groups in total. The summed E-state index contributed by atoms with van der Waals surface area (Å²) < 4.78 is 0. The van der Waals surface area contributed by atoms with Gasteiger partial charge in [-0.05, 0) is 53.6 Å². The number of thioether (sulfide) groups is 2. The van der Waals surface area contributed by atoms with Gasteiger partial charge in [0.2, 0.25) is 0 Å². The van der Waals surface area contributed by atoms with Crippen LogP contribution < -0.4 is 0 Å². The number of rotatable bonds is 3. The molecule has 2 nitrogen and oxygen atoms in total. The van der Waals surface area contributed by atoms with Crippen molar-refractivity contribution >= 4 is 23.5 Å². The van der Waals surface area contributed by atoms with E-state index in [0.29, 0.717) is 5.25 Å². The minimum atomic E-state index is 0.205. The van der Waals surface area contributed by atoms with E-state index in [1.807, 2.05) is 0 Å². The summed E-state index contributed by atoms with van der Waals surface area (Å²) in [7, 11) is 0.